The third-order valence-electron chi connectivity index (χ3n) is 2.94. The van der Waals surface area contributed by atoms with E-state index >= 15 is 0 Å². The van der Waals surface area contributed by atoms with Gasteiger partial charge in [-0.25, -0.2) is 0 Å². The van der Waals surface area contributed by atoms with Crippen LogP contribution < -0.4 is 5.73 Å². The van der Waals surface area contributed by atoms with Gasteiger partial charge in [0.25, 0.3) is 0 Å². The molecule has 1 aromatic carbocycles. The van der Waals surface area contributed by atoms with Gasteiger partial charge in [-0.3, -0.25) is 0 Å². The van der Waals surface area contributed by atoms with Gasteiger partial charge in [-0.05, 0) is 19.0 Å². The molecule has 2 N–H and O–H groups in total. The van der Waals surface area contributed by atoms with E-state index in [4.69, 9.17) is 5.73 Å². The second-order valence-corrected chi connectivity index (χ2v) is 5.55. The number of nitrogens with two attached hydrogens (primary N) is 1. The molecule has 0 saturated carbocycles. The van der Waals surface area contributed by atoms with Gasteiger partial charge < -0.3 is 5.73 Å². The molecule has 0 aliphatic carbocycles. The summed E-state index contributed by atoms with van der Waals surface area (Å²) in [5, 5.41) is 13.9. The van der Waals surface area contributed by atoms with Crippen molar-refractivity contribution in [3.8, 4) is 0 Å². The smallest absolute Gasteiger partial charge is 0.234 e. The zero-order chi connectivity index (χ0) is 13.2. The predicted molar refractivity (Wildman–Crippen MR) is 75.4 cm³/mol. The van der Waals surface area contributed by atoms with Crippen molar-refractivity contribution in [2.75, 3.05) is 6.54 Å². The maximum Gasteiger partial charge on any atom is 0.234 e. The van der Waals surface area contributed by atoms with Crippen molar-refractivity contribution >= 4 is 16.3 Å². The molecule has 2 heterocycles. The Morgan fingerprint density at radius 2 is 2.00 bits per heavy atom. The van der Waals surface area contributed by atoms with Crippen LogP contribution in [-0.4, -0.2) is 26.4 Å². The summed E-state index contributed by atoms with van der Waals surface area (Å²) in [5.74, 6) is 0.873. The summed E-state index contributed by atoms with van der Waals surface area (Å²) in [4.78, 5) is 0.838. The average Bonchev–Trinajstić information content (AvgIpc) is 2.94. The van der Waals surface area contributed by atoms with Gasteiger partial charge in [0.2, 0.25) is 4.96 Å². The first-order chi connectivity index (χ1) is 9.26. The minimum absolute atomic E-state index is 0.609. The quantitative estimate of drug-likeness (QED) is 0.783. The van der Waals surface area contributed by atoms with Crippen LogP contribution in [0.4, 0.5) is 0 Å². The number of rotatable bonds is 4. The van der Waals surface area contributed by atoms with Crippen molar-refractivity contribution in [3.05, 3.63) is 46.2 Å². The Balaban J connectivity index is 1.89. The van der Waals surface area contributed by atoms with Gasteiger partial charge in [-0.1, -0.05) is 41.2 Å². The van der Waals surface area contributed by atoms with Crippen molar-refractivity contribution in [1.29, 1.82) is 0 Å². The van der Waals surface area contributed by atoms with E-state index in [0.29, 0.717) is 6.54 Å². The number of aromatic nitrogens is 4. The number of hydrogen-bond acceptors (Lipinski definition) is 5. The molecule has 2 aromatic heterocycles. The fraction of sp³-hybridized carbons (Fsp3) is 0.308. The Labute approximate surface area is 115 Å². The number of hydrogen-bond donors (Lipinski definition) is 1. The number of aryl methyl sites for hydroxylation is 1. The van der Waals surface area contributed by atoms with E-state index in [1.54, 1.807) is 11.3 Å². The van der Waals surface area contributed by atoms with E-state index < -0.39 is 0 Å². The first-order valence-electron chi connectivity index (χ1n) is 6.22. The SMILES string of the molecule is Cc1ccc(Cc2nnc3sc(CCN)nn23)cc1. The van der Waals surface area contributed by atoms with Gasteiger partial charge >= 0.3 is 0 Å². The third-order valence-corrected chi connectivity index (χ3v) is 3.90. The maximum absolute atomic E-state index is 5.55. The summed E-state index contributed by atoms with van der Waals surface area (Å²) in [6.45, 7) is 2.69. The summed E-state index contributed by atoms with van der Waals surface area (Å²) >= 11 is 1.55. The highest BCUT2D eigenvalue weighted by molar-refractivity contribution is 7.16. The van der Waals surface area contributed by atoms with Crippen LogP contribution in [0.15, 0.2) is 24.3 Å². The molecule has 6 heteroatoms. The second-order valence-electron chi connectivity index (χ2n) is 4.51. The molecule has 5 nitrogen and oxygen atoms in total. The molecule has 0 spiro atoms. The summed E-state index contributed by atoms with van der Waals surface area (Å²) in [6.07, 6.45) is 1.53. The first kappa shape index (κ1) is 12.3. The van der Waals surface area contributed by atoms with E-state index in [1.165, 1.54) is 11.1 Å². The average molecular weight is 273 g/mol. The van der Waals surface area contributed by atoms with Crippen LogP contribution in [-0.2, 0) is 12.8 Å². The van der Waals surface area contributed by atoms with Crippen LogP contribution in [0.5, 0.6) is 0 Å². The molecule has 19 heavy (non-hydrogen) atoms. The molecule has 0 saturated heterocycles. The van der Waals surface area contributed by atoms with Crippen LogP contribution in [0, 0.1) is 6.92 Å². The summed E-state index contributed by atoms with van der Waals surface area (Å²) in [7, 11) is 0. The molecule has 0 atom stereocenters. The molecule has 0 aliphatic rings. The lowest BCUT2D eigenvalue weighted by molar-refractivity contribution is 0.813. The number of benzene rings is 1. The summed E-state index contributed by atoms with van der Waals surface area (Å²) in [5.41, 5.74) is 8.02. The Hall–Kier alpha value is -1.79. The molecule has 3 aromatic rings. The second kappa shape index (κ2) is 5.07. The van der Waals surface area contributed by atoms with E-state index in [9.17, 15) is 0 Å². The van der Waals surface area contributed by atoms with Crippen molar-refractivity contribution in [3.63, 3.8) is 0 Å². The van der Waals surface area contributed by atoms with E-state index in [1.807, 2.05) is 4.52 Å². The molecular weight excluding hydrogens is 258 g/mol. The zero-order valence-corrected chi connectivity index (χ0v) is 11.5. The van der Waals surface area contributed by atoms with Crippen LogP contribution >= 0.6 is 11.3 Å². The van der Waals surface area contributed by atoms with Gasteiger partial charge in [-0.2, -0.15) is 9.61 Å². The van der Waals surface area contributed by atoms with E-state index in [-0.39, 0.29) is 0 Å². The molecule has 0 aliphatic heterocycles. The van der Waals surface area contributed by atoms with Crippen LogP contribution in [0.2, 0.25) is 0 Å². The lowest BCUT2D eigenvalue weighted by atomic mass is 10.1. The molecule has 98 valence electrons. The molecule has 0 unspecified atom stereocenters. The summed E-state index contributed by atoms with van der Waals surface area (Å²) < 4.78 is 1.83. The zero-order valence-electron chi connectivity index (χ0n) is 10.7. The number of fused-ring (bicyclic) bond motifs is 1. The number of nitrogens with zero attached hydrogens (tertiary/aromatic N) is 4. The largest absolute Gasteiger partial charge is 0.330 e. The van der Waals surface area contributed by atoms with Crippen LogP contribution in [0.3, 0.4) is 0 Å². The van der Waals surface area contributed by atoms with Crippen LogP contribution in [0.1, 0.15) is 22.0 Å². The molecule has 0 bridgehead atoms. The lowest BCUT2D eigenvalue weighted by Crippen LogP contribution is -2.04. The van der Waals surface area contributed by atoms with Gasteiger partial charge in [0.1, 0.15) is 5.01 Å². The fourth-order valence-corrected chi connectivity index (χ4v) is 2.79. The molecule has 0 fully saturated rings. The highest BCUT2D eigenvalue weighted by Crippen LogP contribution is 2.16. The molecular formula is C13H15N5S. The van der Waals surface area contributed by atoms with Crippen molar-refractivity contribution in [2.24, 2.45) is 5.73 Å². The van der Waals surface area contributed by atoms with Gasteiger partial charge in [0.15, 0.2) is 5.82 Å². The molecule has 0 radical (unpaired) electrons. The Morgan fingerprint density at radius 3 is 2.74 bits per heavy atom. The summed E-state index contributed by atoms with van der Waals surface area (Å²) in [6, 6.07) is 8.44. The topological polar surface area (TPSA) is 69.1 Å². The van der Waals surface area contributed by atoms with E-state index in [0.717, 1.165) is 28.6 Å². The monoisotopic (exact) mass is 273 g/mol. The Kier molecular flexibility index (Phi) is 3.27. The Morgan fingerprint density at radius 1 is 1.21 bits per heavy atom. The minimum Gasteiger partial charge on any atom is -0.330 e. The highest BCUT2D eigenvalue weighted by Gasteiger charge is 2.11. The third kappa shape index (κ3) is 2.50. The predicted octanol–water partition coefficient (Wildman–Crippen LogP) is 1.59. The molecule has 0 amide bonds. The lowest BCUT2D eigenvalue weighted by Gasteiger charge is -1.99. The van der Waals surface area contributed by atoms with Gasteiger partial charge in [-0.15, -0.1) is 10.2 Å². The van der Waals surface area contributed by atoms with Gasteiger partial charge in [0, 0.05) is 12.8 Å². The van der Waals surface area contributed by atoms with Gasteiger partial charge in [0.05, 0.1) is 0 Å². The maximum atomic E-state index is 5.55. The fourth-order valence-electron chi connectivity index (χ4n) is 1.92. The molecule has 3 rings (SSSR count). The minimum atomic E-state index is 0.609. The standard InChI is InChI=1S/C13H15N5S/c1-9-2-4-10(5-3-9)8-11-15-16-13-18(11)17-12(19-13)6-7-14/h2-5H,6-8,14H2,1H3. The van der Waals surface area contributed by atoms with Crippen molar-refractivity contribution in [1.82, 2.24) is 19.8 Å². The van der Waals surface area contributed by atoms with Crippen molar-refractivity contribution in [2.45, 2.75) is 19.8 Å². The normalized spacial score (nSPS) is 11.3. The first-order valence-corrected chi connectivity index (χ1v) is 7.03. The Bertz CT molecular complexity index is 683. The van der Waals surface area contributed by atoms with E-state index in [2.05, 4.69) is 46.5 Å². The highest BCUT2D eigenvalue weighted by atomic mass is 32.1. The van der Waals surface area contributed by atoms with Crippen LogP contribution in [0.25, 0.3) is 4.96 Å². The van der Waals surface area contributed by atoms with Crippen molar-refractivity contribution < 1.29 is 0 Å².